The van der Waals surface area contributed by atoms with Crippen molar-refractivity contribution in [3.63, 3.8) is 0 Å². The molecule has 2 aromatic rings. The average Bonchev–Trinajstić information content (AvgIpc) is 2.82. The highest BCUT2D eigenvalue weighted by Gasteiger charge is 2.34. The van der Waals surface area contributed by atoms with Crippen molar-refractivity contribution in [1.82, 2.24) is 10.1 Å². The summed E-state index contributed by atoms with van der Waals surface area (Å²) in [5, 5.41) is 15.6. The van der Waals surface area contributed by atoms with Crippen molar-refractivity contribution < 1.29 is 9.63 Å². The van der Waals surface area contributed by atoms with Crippen molar-refractivity contribution in [1.29, 1.82) is 0 Å². The quantitative estimate of drug-likeness (QED) is 0.941. The largest absolute Gasteiger partial charge is 0.385 e. The zero-order valence-corrected chi connectivity index (χ0v) is 13.7. The number of aryl methyl sites for hydroxylation is 2. The summed E-state index contributed by atoms with van der Waals surface area (Å²) < 4.78 is 5.22. The van der Waals surface area contributed by atoms with E-state index in [1.165, 1.54) is 0 Å². The fraction of sp³-hybridized carbons (Fsp3) is 0.471. The minimum Gasteiger partial charge on any atom is -0.385 e. The van der Waals surface area contributed by atoms with Crippen LogP contribution in [0.15, 0.2) is 28.8 Å². The van der Waals surface area contributed by atoms with Gasteiger partial charge in [-0.1, -0.05) is 28.9 Å². The highest BCUT2D eigenvalue weighted by Crippen LogP contribution is 2.34. The van der Waals surface area contributed by atoms with Crippen molar-refractivity contribution >= 4 is 11.6 Å². The third-order valence-corrected chi connectivity index (χ3v) is 4.88. The Kier molecular flexibility index (Phi) is 4.26. The summed E-state index contributed by atoms with van der Waals surface area (Å²) in [6, 6.07) is 7.52. The Morgan fingerprint density at radius 3 is 2.41 bits per heavy atom. The van der Waals surface area contributed by atoms with E-state index < -0.39 is 5.60 Å². The SMILES string of the molecule is Cc1noc(C)c1CN1CCC(O)(c2ccc(Cl)cc2)CC1. The summed E-state index contributed by atoms with van der Waals surface area (Å²) in [5.41, 5.74) is 2.32. The second kappa shape index (κ2) is 6.03. The minimum absolute atomic E-state index is 0.697. The number of halogens is 1. The molecule has 3 rings (SSSR count). The van der Waals surface area contributed by atoms with Gasteiger partial charge in [0.15, 0.2) is 0 Å². The molecule has 0 radical (unpaired) electrons. The van der Waals surface area contributed by atoms with Gasteiger partial charge in [0, 0.05) is 30.2 Å². The number of hydrogen-bond acceptors (Lipinski definition) is 4. The molecule has 0 aliphatic carbocycles. The Morgan fingerprint density at radius 2 is 1.86 bits per heavy atom. The number of benzene rings is 1. The molecule has 1 saturated heterocycles. The molecule has 1 aromatic heterocycles. The van der Waals surface area contributed by atoms with E-state index in [9.17, 15) is 5.11 Å². The molecule has 0 atom stereocenters. The maximum Gasteiger partial charge on any atom is 0.138 e. The van der Waals surface area contributed by atoms with Gasteiger partial charge in [-0.25, -0.2) is 0 Å². The number of aromatic nitrogens is 1. The van der Waals surface area contributed by atoms with Crippen LogP contribution in [0.4, 0.5) is 0 Å². The first-order valence-corrected chi connectivity index (χ1v) is 7.98. The van der Waals surface area contributed by atoms with Crippen molar-refractivity contribution in [3.8, 4) is 0 Å². The van der Waals surface area contributed by atoms with Gasteiger partial charge in [0.2, 0.25) is 0 Å². The van der Waals surface area contributed by atoms with Crippen LogP contribution in [0.3, 0.4) is 0 Å². The Balaban J connectivity index is 1.66. The van der Waals surface area contributed by atoms with E-state index in [-0.39, 0.29) is 0 Å². The first kappa shape index (κ1) is 15.5. The Bertz CT molecular complexity index is 624. The Morgan fingerprint density at radius 1 is 1.23 bits per heavy atom. The molecule has 5 heteroatoms. The van der Waals surface area contributed by atoms with E-state index in [0.717, 1.165) is 55.1 Å². The van der Waals surface area contributed by atoms with Crippen LogP contribution in [-0.2, 0) is 12.1 Å². The van der Waals surface area contributed by atoms with Crippen LogP contribution in [0.25, 0.3) is 0 Å². The predicted molar refractivity (Wildman–Crippen MR) is 85.8 cm³/mol. The van der Waals surface area contributed by atoms with Gasteiger partial charge in [0.05, 0.1) is 11.3 Å². The Hall–Kier alpha value is -1.36. The number of likely N-dealkylation sites (tertiary alicyclic amines) is 1. The molecule has 1 aromatic carbocycles. The van der Waals surface area contributed by atoms with Crippen LogP contribution in [0, 0.1) is 13.8 Å². The number of hydrogen-bond donors (Lipinski definition) is 1. The molecule has 0 unspecified atom stereocenters. The molecule has 1 N–H and O–H groups in total. The fourth-order valence-corrected chi connectivity index (χ4v) is 3.21. The van der Waals surface area contributed by atoms with Gasteiger partial charge >= 0.3 is 0 Å². The van der Waals surface area contributed by atoms with Crippen LogP contribution in [0.5, 0.6) is 0 Å². The zero-order valence-electron chi connectivity index (χ0n) is 13.0. The molecule has 1 aliphatic heterocycles. The van der Waals surface area contributed by atoms with E-state index in [0.29, 0.717) is 5.02 Å². The third kappa shape index (κ3) is 3.05. The predicted octanol–water partition coefficient (Wildman–Crippen LogP) is 3.43. The summed E-state index contributed by atoms with van der Waals surface area (Å²) in [4.78, 5) is 2.34. The third-order valence-electron chi connectivity index (χ3n) is 4.63. The van der Waals surface area contributed by atoms with Gasteiger partial charge in [-0.3, -0.25) is 4.90 Å². The first-order valence-electron chi connectivity index (χ1n) is 7.60. The summed E-state index contributed by atoms with van der Waals surface area (Å²) in [5.74, 6) is 0.885. The minimum atomic E-state index is -0.750. The maximum absolute atomic E-state index is 10.9. The molecule has 118 valence electrons. The normalized spacial score (nSPS) is 18.5. The summed E-state index contributed by atoms with van der Waals surface area (Å²) in [6.45, 7) is 6.45. The molecule has 0 amide bonds. The first-order chi connectivity index (χ1) is 10.5. The topological polar surface area (TPSA) is 49.5 Å². The summed E-state index contributed by atoms with van der Waals surface area (Å²) >= 11 is 5.92. The van der Waals surface area contributed by atoms with Crippen LogP contribution in [-0.4, -0.2) is 28.3 Å². The molecule has 0 spiro atoms. The van der Waals surface area contributed by atoms with E-state index in [1.54, 1.807) is 0 Å². The number of aliphatic hydroxyl groups is 1. The molecule has 2 heterocycles. The molecule has 1 aliphatic rings. The van der Waals surface area contributed by atoms with Crippen molar-refractivity contribution in [3.05, 3.63) is 51.9 Å². The molecule has 22 heavy (non-hydrogen) atoms. The van der Waals surface area contributed by atoms with Crippen molar-refractivity contribution in [2.24, 2.45) is 0 Å². The lowest BCUT2D eigenvalue weighted by molar-refractivity contribution is -0.0278. The lowest BCUT2D eigenvalue weighted by Gasteiger charge is -2.38. The summed E-state index contributed by atoms with van der Waals surface area (Å²) in [7, 11) is 0. The summed E-state index contributed by atoms with van der Waals surface area (Å²) in [6.07, 6.45) is 1.44. The molecular formula is C17H21ClN2O2. The number of rotatable bonds is 3. The highest BCUT2D eigenvalue weighted by molar-refractivity contribution is 6.30. The van der Waals surface area contributed by atoms with Crippen LogP contribution < -0.4 is 0 Å². The van der Waals surface area contributed by atoms with Gasteiger partial charge in [-0.2, -0.15) is 0 Å². The average molecular weight is 321 g/mol. The van der Waals surface area contributed by atoms with E-state index in [2.05, 4.69) is 10.1 Å². The van der Waals surface area contributed by atoms with Gasteiger partial charge in [0.1, 0.15) is 5.76 Å². The zero-order chi connectivity index (χ0) is 15.7. The van der Waals surface area contributed by atoms with Gasteiger partial charge in [-0.15, -0.1) is 0 Å². The lowest BCUT2D eigenvalue weighted by Crippen LogP contribution is -2.42. The smallest absolute Gasteiger partial charge is 0.138 e. The highest BCUT2D eigenvalue weighted by atomic mass is 35.5. The second-order valence-electron chi connectivity index (χ2n) is 6.12. The van der Waals surface area contributed by atoms with E-state index in [1.807, 2.05) is 38.1 Å². The molecule has 1 fully saturated rings. The van der Waals surface area contributed by atoms with Gasteiger partial charge < -0.3 is 9.63 Å². The molecule has 0 bridgehead atoms. The van der Waals surface area contributed by atoms with Crippen molar-refractivity contribution in [2.75, 3.05) is 13.1 Å². The standard InChI is InChI=1S/C17H21ClN2O2/c1-12-16(13(2)22-19-12)11-20-9-7-17(21,8-10-20)14-3-5-15(18)6-4-14/h3-6,21H,7-11H2,1-2H3. The molecular weight excluding hydrogens is 300 g/mol. The van der Waals surface area contributed by atoms with Crippen LogP contribution in [0.1, 0.15) is 35.4 Å². The molecule has 4 nitrogen and oxygen atoms in total. The van der Waals surface area contributed by atoms with Crippen LogP contribution >= 0.6 is 11.6 Å². The van der Waals surface area contributed by atoms with E-state index >= 15 is 0 Å². The number of piperidine rings is 1. The lowest BCUT2D eigenvalue weighted by atomic mass is 9.84. The van der Waals surface area contributed by atoms with Crippen molar-refractivity contribution in [2.45, 2.75) is 38.8 Å². The van der Waals surface area contributed by atoms with Crippen LogP contribution in [0.2, 0.25) is 5.02 Å². The Labute approximate surface area is 135 Å². The second-order valence-corrected chi connectivity index (χ2v) is 6.55. The fourth-order valence-electron chi connectivity index (χ4n) is 3.08. The monoisotopic (exact) mass is 320 g/mol. The molecule has 0 saturated carbocycles. The maximum atomic E-state index is 10.9. The van der Waals surface area contributed by atoms with E-state index in [4.69, 9.17) is 16.1 Å². The number of nitrogens with zero attached hydrogens (tertiary/aromatic N) is 2. The van der Waals surface area contributed by atoms with Gasteiger partial charge in [-0.05, 0) is 44.4 Å². The van der Waals surface area contributed by atoms with Gasteiger partial charge in [0.25, 0.3) is 0 Å².